The molecule has 1 aromatic heterocycles. The molecule has 3 aromatic rings. The summed E-state index contributed by atoms with van der Waals surface area (Å²) in [6.45, 7) is 2.31. The van der Waals surface area contributed by atoms with Crippen molar-refractivity contribution in [2.75, 3.05) is 5.32 Å². The lowest BCUT2D eigenvalue weighted by atomic mass is 10.2. The van der Waals surface area contributed by atoms with Crippen LogP contribution in [0.2, 0.25) is 5.02 Å². The molecule has 2 aromatic carbocycles. The number of hydrogen-bond donors (Lipinski definition) is 1. The van der Waals surface area contributed by atoms with Crippen molar-refractivity contribution < 1.29 is 9.53 Å². The highest BCUT2D eigenvalue weighted by atomic mass is 35.5. The van der Waals surface area contributed by atoms with Crippen LogP contribution in [-0.2, 0) is 11.3 Å². The van der Waals surface area contributed by atoms with Crippen molar-refractivity contribution in [1.29, 1.82) is 0 Å². The highest BCUT2D eigenvalue weighted by molar-refractivity contribution is 6.32. The molecule has 6 heteroatoms. The van der Waals surface area contributed by atoms with Gasteiger partial charge in [0, 0.05) is 12.3 Å². The Morgan fingerprint density at radius 3 is 2.64 bits per heavy atom. The van der Waals surface area contributed by atoms with Gasteiger partial charge in [-0.2, -0.15) is 5.10 Å². The normalized spacial score (nSPS) is 11.8. The topological polar surface area (TPSA) is 56.1 Å². The van der Waals surface area contributed by atoms with Gasteiger partial charge in [-0.1, -0.05) is 54.1 Å². The van der Waals surface area contributed by atoms with E-state index in [9.17, 15) is 4.79 Å². The monoisotopic (exact) mass is 355 g/mol. The first kappa shape index (κ1) is 17.0. The fourth-order valence-corrected chi connectivity index (χ4v) is 2.48. The van der Waals surface area contributed by atoms with Crippen LogP contribution in [0.3, 0.4) is 0 Å². The van der Waals surface area contributed by atoms with Crippen LogP contribution in [0.1, 0.15) is 12.5 Å². The first-order valence-electron chi connectivity index (χ1n) is 7.91. The number of benzene rings is 2. The average Bonchev–Trinajstić information content (AvgIpc) is 3.04. The van der Waals surface area contributed by atoms with Crippen LogP contribution in [0.15, 0.2) is 66.9 Å². The lowest BCUT2D eigenvalue weighted by Gasteiger charge is -2.14. The van der Waals surface area contributed by atoms with E-state index < -0.39 is 6.10 Å². The summed E-state index contributed by atoms with van der Waals surface area (Å²) in [6, 6.07) is 18.8. The maximum atomic E-state index is 12.3. The Hall–Kier alpha value is -2.79. The molecule has 0 radical (unpaired) electrons. The van der Waals surface area contributed by atoms with Crippen LogP contribution >= 0.6 is 11.6 Å². The van der Waals surface area contributed by atoms with E-state index >= 15 is 0 Å². The summed E-state index contributed by atoms with van der Waals surface area (Å²) < 4.78 is 7.37. The molecule has 128 valence electrons. The summed E-state index contributed by atoms with van der Waals surface area (Å²) in [5.74, 6) is 0.668. The Kier molecular flexibility index (Phi) is 5.36. The van der Waals surface area contributed by atoms with Gasteiger partial charge >= 0.3 is 0 Å². The van der Waals surface area contributed by atoms with Crippen molar-refractivity contribution in [3.05, 3.63) is 77.4 Å². The van der Waals surface area contributed by atoms with E-state index in [2.05, 4.69) is 10.4 Å². The minimum Gasteiger partial charge on any atom is -0.479 e. The Morgan fingerprint density at radius 1 is 1.16 bits per heavy atom. The minimum absolute atomic E-state index is 0.287. The Labute approximate surface area is 151 Å². The number of hydrogen-bond acceptors (Lipinski definition) is 3. The number of ether oxygens (including phenoxy) is 1. The molecule has 0 saturated heterocycles. The fourth-order valence-electron chi connectivity index (χ4n) is 2.30. The molecule has 0 spiro atoms. The van der Waals surface area contributed by atoms with Crippen molar-refractivity contribution in [2.24, 2.45) is 0 Å². The molecule has 1 amide bonds. The van der Waals surface area contributed by atoms with Gasteiger partial charge < -0.3 is 10.1 Å². The molecule has 0 aliphatic carbocycles. The summed E-state index contributed by atoms with van der Waals surface area (Å²) >= 11 is 6.04. The van der Waals surface area contributed by atoms with E-state index in [1.165, 1.54) is 0 Å². The summed E-state index contributed by atoms with van der Waals surface area (Å²) in [7, 11) is 0. The molecule has 0 fully saturated rings. The highest BCUT2D eigenvalue weighted by Crippen LogP contribution is 2.24. The number of carbonyl (C=O) groups is 1. The number of amides is 1. The van der Waals surface area contributed by atoms with E-state index in [1.54, 1.807) is 41.9 Å². The lowest BCUT2D eigenvalue weighted by molar-refractivity contribution is -0.122. The summed E-state index contributed by atoms with van der Waals surface area (Å²) in [5, 5.41) is 7.57. The zero-order valence-electron chi connectivity index (χ0n) is 13.7. The molecule has 0 aliphatic heterocycles. The second-order valence-corrected chi connectivity index (χ2v) is 5.97. The second-order valence-electron chi connectivity index (χ2n) is 5.56. The number of rotatable bonds is 6. The Bertz CT molecular complexity index is 849. The molecule has 1 N–H and O–H groups in total. The molecule has 3 rings (SSSR count). The largest absolute Gasteiger partial charge is 0.479 e. The molecule has 1 unspecified atom stereocenters. The highest BCUT2D eigenvalue weighted by Gasteiger charge is 2.17. The van der Waals surface area contributed by atoms with Crippen LogP contribution in [0.25, 0.3) is 0 Å². The summed E-state index contributed by atoms with van der Waals surface area (Å²) in [5.41, 5.74) is 1.14. The van der Waals surface area contributed by atoms with Crippen LogP contribution in [0.5, 0.6) is 5.75 Å². The van der Waals surface area contributed by atoms with Crippen molar-refractivity contribution >= 4 is 23.3 Å². The first-order valence-corrected chi connectivity index (χ1v) is 8.29. The van der Waals surface area contributed by atoms with Gasteiger partial charge in [0.2, 0.25) is 0 Å². The van der Waals surface area contributed by atoms with E-state index in [-0.39, 0.29) is 5.91 Å². The van der Waals surface area contributed by atoms with Gasteiger partial charge in [-0.25, -0.2) is 0 Å². The van der Waals surface area contributed by atoms with Crippen molar-refractivity contribution in [1.82, 2.24) is 9.78 Å². The molecule has 0 aliphatic rings. The average molecular weight is 356 g/mol. The van der Waals surface area contributed by atoms with Crippen LogP contribution < -0.4 is 10.1 Å². The predicted octanol–water partition coefficient (Wildman–Crippen LogP) is 3.99. The van der Waals surface area contributed by atoms with Crippen molar-refractivity contribution in [3.63, 3.8) is 0 Å². The molecule has 1 heterocycles. The Balaban J connectivity index is 1.58. The third-order valence-corrected chi connectivity index (χ3v) is 3.90. The van der Waals surface area contributed by atoms with E-state index in [1.807, 2.05) is 36.5 Å². The molecule has 0 bridgehead atoms. The van der Waals surface area contributed by atoms with Gasteiger partial charge in [-0.15, -0.1) is 0 Å². The quantitative estimate of drug-likeness (QED) is 0.727. The first-order chi connectivity index (χ1) is 12.1. The lowest BCUT2D eigenvalue weighted by Crippen LogP contribution is -2.30. The van der Waals surface area contributed by atoms with Crippen molar-refractivity contribution in [2.45, 2.75) is 19.6 Å². The summed E-state index contributed by atoms with van der Waals surface area (Å²) in [6.07, 6.45) is 1.13. The van der Waals surface area contributed by atoms with Gasteiger partial charge in [-0.3, -0.25) is 9.48 Å². The number of aromatic nitrogens is 2. The van der Waals surface area contributed by atoms with Gasteiger partial charge in [0.05, 0.1) is 11.6 Å². The SMILES string of the molecule is CC(Oc1ccccc1Cl)C(=O)Nc1ccn(Cc2ccccc2)n1. The summed E-state index contributed by atoms with van der Waals surface area (Å²) in [4.78, 5) is 12.3. The van der Waals surface area contributed by atoms with E-state index in [0.29, 0.717) is 23.1 Å². The van der Waals surface area contributed by atoms with Gasteiger partial charge in [0.1, 0.15) is 5.75 Å². The molecule has 25 heavy (non-hydrogen) atoms. The van der Waals surface area contributed by atoms with Crippen molar-refractivity contribution in [3.8, 4) is 5.75 Å². The molecule has 1 atom stereocenters. The van der Waals surface area contributed by atoms with Gasteiger partial charge in [0.15, 0.2) is 11.9 Å². The molecule has 0 saturated carbocycles. The van der Waals surface area contributed by atoms with E-state index in [4.69, 9.17) is 16.3 Å². The Morgan fingerprint density at radius 2 is 1.88 bits per heavy atom. The molecular weight excluding hydrogens is 338 g/mol. The van der Waals surface area contributed by atoms with Crippen LogP contribution in [0.4, 0.5) is 5.82 Å². The predicted molar refractivity (Wildman–Crippen MR) is 97.9 cm³/mol. The number of carbonyl (C=O) groups excluding carboxylic acids is 1. The molecule has 5 nitrogen and oxygen atoms in total. The minimum atomic E-state index is -0.695. The maximum absolute atomic E-state index is 12.3. The van der Waals surface area contributed by atoms with E-state index in [0.717, 1.165) is 5.56 Å². The van der Waals surface area contributed by atoms with Gasteiger partial charge in [0.25, 0.3) is 5.91 Å². The van der Waals surface area contributed by atoms with Crippen LogP contribution in [0, 0.1) is 0 Å². The van der Waals surface area contributed by atoms with Gasteiger partial charge in [-0.05, 0) is 24.6 Å². The fraction of sp³-hybridized carbons (Fsp3) is 0.158. The maximum Gasteiger partial charge on any atom is 0.266 e. The number of nitrogens with one attached hydrogen (secondary N) is 1. The number of para-hydroxylation sites is 1. The molecular formula is C19H18ClN3O2. The number of halogens is 1. The number of nitrogens with zero attached hydrogens (tertiary/aromatic N) is 2. The second kappa shape index (κ2) is 7.85. The zero-order valence-corrected chi connectivity index (χ0v) is 14.5. The zero-order chi connectivity index (χ0) is 17.6. The third-order valence-electron chi connectivity index (χ3n) is 3.59. The van der Waals surface area contributed by atoms with Crippen LogP contribution in [-0.4, -0.2) is 21.8 Å². The number of anilines is 1. The third kappa shape index (κ3) is 4.61. The standard InChI is InChI=1S/C19H18ClN3O2/c1-14(25-17-10-6-5-9-16(17)20)19(24)21-18-11-12-23(22-18)13-15-7-3-2-4-8-15/h2-12,14H,13H2,1H3,(H,21,22,24). The smallest absolute Gasteiger partial charge is 0.266 e.